The van der Waals surface area contributed by atoms with Gasteiger partial charge in [-0.15, -0.1) is 0 Å². The van der Waals surface area contributed by atoms with Crippen molar-refractivity contribution in [3.63, 3.8) is 0 Å². The van der Waals surface area contributed by atoms with E-state index >= 15 is 0 Å². The summed E-state index contributed by atoms with van der Waals surface area (Å²) in [5.41, 5.74) is -1.26. The molecule has 6 nitrogen and oxygen atoms in total. The highest BCUT2D eigenvalue weighted by molar-refractivity contribution is 7.92. The van der Waals surface area contributed by atoms with Crippen LogP contribution in [0.2, 0.25) is 0 Å². The van der Waals surface area contributed by atoms with Crippen molar-refractivity contribution in [1.29, 1.82) is 0 Å². The van der Waals surface area contributed by atoms with Gasteiger partial charge in [0.1, 0.15) is 0 Å². The van der Waals surface area contributed by atoms with Gasteiger partial charge in [0.05, 0.1) is 22.5 Å². The molecule has 2 fully saturated rings. The van der Waals surface area contributed by atoms with Crippen LogP contribution in [0, 0.1) is 5.92 Å². The number of rotatable bonds is 4. The normalized spacial score (nSPS) is 33.0. The molecule has 2 rings (SSSR count). The lowest BCUT2D eigenvalue weighted by Gasteiger charge is -2.35. The number of carbonyl (C=O) groups is 1. The number of sulfone groups is 1. The minimum absolute atomic E-state index is 0.242. The standard InChI is InChI=1S/C13H22O6S/c14-12(15)10-1-5-13(16,6-2-10)9-20(17,18)11-3-7-19-8-4-11/h10-11,16H,1-9H2,(H,14,15). The summed E-state index contributed by atoms with van der Waals surface area (Å²) in [6.07, 6.45) is 2.13. The van der Waals surface area contributed by atoms with Gasteiger partial charge in [0, 0.05) is 13.2 Å². The molecule has 0 atom stereocenters. The third-order valence-corrected chi connectivity index (χ3v) is 6.84. The van der Waals surface area contributed by atoms with Gasteiger partial charge >= 0.3 is 5.97 Å². The zero-order valence-corrected chi connectivity index (χ0v) is 12.3. The molecule has 0 radical (unpaired) electrons. The zero-order valence-electron chi connectivity index (χ0n) is 11.5. The van der Waals surface area contributed by atoms with Crippen LogP contribution in [-0.2, 0) is 19.4 Å². The summed E-state index contributed by atoms with van der Waals surface area (Å²) in [7, 11) is -3.36. The number of aliphatic carboxylic acids is 1. The highest BCUT2D eigenvalue weighted by Crippen LogP contribution is 2.34. The largest absolute Gasteiger partial charge is 0.481 e. The summed E-state index contributed by atoms with van der Waals surface area (Å²) in [6, 6.07) is 0. The van der Waals surface area contributed by atoms with E-state index < -0.39 is 32.6 Å². The number of carboxylic acids is 1. The third-order valence-electron chi connectivity index (χ3n) is 4.41. The molecule has 20 heavy (non-hydrogen) atoms. The van der Waals surface area contributed by atoms with E-state index in [1.165, 1.54) is 0 Å². The second-order valence-electron chi connectivity index (χ2n) is 5.96. The van der Waals surface area contributed by atoms with E-state index in [-0.39, 0.29) is 18.6 Å². The van der Waals surface area contributed by atoms with Crippen molar-refractivity contribution in [1.82, 2.24) is 0 Å². The van der Waals surface area contributed by atoms with E-state index in [4.69, 9.17) is 9.84 Å². The zero-order chi connectivity index (χ0) is 14.8. The van der Waals surface area contributed by atoms with E-state index in [0.29, 0.717) is 38.9 Å². The maximum Gasteiger partial charge on any atom is 0.306 e. The van der Waals surface area contributed by atoms with Crippen LogP contribution < -0.4 is 0 Å². The molecular formula is C13H22O6S. The number of carboxylic acid groups (broad SMARTS) is 1. The van der Waals surface area contributed by atoms with E-state index in [2.05, 4.69) is 0 Å². The first-order valence-corrected chi connectivity index (χ1v) is 8.78. The molecule has 2 aliphatic rings. The van der Waals surface area contributed by atoms with Crippen molar-refractivity contribution >= 4 is 15.8 Å². The van der Waals surface area contributed by atoms with Crippen molar-refractivity contribution < 1.29 is 28.2 Å². The van der Waals surface area contributed by atoms with Gasteiger partial charge in [-0.2, -0.15) is 0 Å². The number of ether oxygens (including phenoxy) is 1. The van der Waals surface area contributed by atoms with Gasteiger partial charge in [0.15, 0.2) is 9.84 Å². The number of hydrogen-bond acceptors (Lipinski definition) is 5. The second kappa shape index (κ2) is 5.99. The van der Waals surface area contributed by atoms with E-state index in [0.717, 1.165) is 0 Å². The Morgan fingerprint density at radius 3 is 2.20 bits per heavy atom. The van der Waals surface area contributed by atoms with E-state index in [9.17, 15) is 18.3 Å². The van der Waals surface area contributed by atoms with Crippen molar-refractivity contribution in [3.8, 4) is 0 Å². The maximum atomic E-state index is 12.3. The van der Waals surface area contributed by atoms with Crippen LogP contribution in [0.4, 0.5) is 0 Å². The Labute approximate surface area is 119 Å². The Kier molecular flexibility index (Phi) is 4.71. The minimum atomic E-state index is -3.36. The third kappa shape index (κ3) is 3.71. The smallest absolute Gasteiger partial charge is 0.306 e. The Bertz CT molecular complexity index is 443. The number of aliphatic hydroxyl groups is 1. The van der Waals surface area contributed by atoms with Gasteiger partial charge in [-0.3, -0.25) is 4.79 Å². The summed E-state index contributed by atoms with van der Waals surface area (Å²) in [5, 5.41) is 18.9. The Morgan fingerprint density at radius 1 is 1.15 bits per heavy atom. The molecule has 1 heterocycles. The van der Waals surface area contributed by atoms with Crippen LogP contribution in [0.3, 0.4) is 0 Å². The Morgan fingerprint density at radius 2 is 1.70 bits per heavy atom. The lowest BCUT2D eigenvalue weighted by Crippen LogP contribution is -2.45. The summed E-state index contributed by atoms with van der Waals surface area (Å²) in [4.78, 5) is 10.9. The molecule has 0 aromatic carbocycles. The maximum absolute atomic E-state index is 12.3. The average Bonchev–Trinajstić information content (AvgIpc) is 2.39. The van der Waals surface area contributed by atoms with Gasteiger partial charge < -0.3 is 14.9 Å². The molecule has 0 unspecified atom stereocenters. The SMILES string of the molecule is O=C(O)C1CCC(O)(CS(=O)(=O)C2CCOCC2)CC1. The average molecular weight is 306 g/mol. The van der Waals surface area contributed by atoms with Gasteiger partial charge in [0.2, 0.25) is 0 Å². The predicted molar refractivity (Wildman–Crippen MR) is 72.2 cm³/mol. The van der Waals surface area contributed by atoms with Gasteiger partial charge in [0.25, 0.3) is 0 Å². The lowest BCUT2D eigenvalue weighted by molar-refractivity contribution is -0.144. The van der Waals surface area contributed by atoms with Crippen molar-refractivity contribution in [2.45, 2.75) is 49.4 Å². The topological polar surface area (TPSA) is 101 Å². The molecule has 1 saturated carbocycles. The minimum Gasteiger partial charge on any atom is -0.481 e. The summed E-state index contributed by atoms with van der Waals surface area (Å²) in [5.74, 6) is -1.57. The van der Waals surface area contributed by atoms with Crippen LogP contribution >= 0.6 is 0 Å². The molecule has 1 saturated heterocycles. The van der Waals surface area contributed by atoms with Crippen LogP contribution in [0.15, 0.2) is 0 Å². The van der Waals surface area contributed by atoms with E-state index in [1.54, 1.807) is 0 Å². The summed E-state index contributed by atoms with van der Waals surface area (Å²) < 4.78 is 29.8. The highest BCUT2D eigenvalue weighted by atomic mass is 32.2. The number of hydrogen-bond donors (Lipinski definition) is 2. The Balaban J connectivity index is 1.96. The molecule has 0 aromatic rings. The first-order valence-electron chi connectivity index (χ1n) is 7.07. The van der Waals surface area contributed by atoms with Crippen LogP contribution in [0.25, 0.3) is 0 Å². The van der Waals surface area contributed by atoms with Gasteiger partial charge in [-0.1, -0.05) is 0 Å². The molecule has 0 amide bonds. The predicted octanol–water partition coefficient (Wildman–Crippen LogP) is 0.586. The first kappa shape index (κ1) is 15.7. The summed E-state index contributed by atoms with van der Waals surface area (Å²) >= 11 is 0. The molecule has 0 spiro atoms. The fourth-order valence-corrected chi connectivity index (χ4v) is 5.26. The fraction of sp³-hybridized carbons (Fsp3) is 0.923. The molecule has 1 aliphatic heterocycles. The lowest BCUT2D eigenvalue weighted by atomic mass is 9.80. The molecule has 7 heteroatoms. The van der Waals surface area contributed by atoms with Crippen LogP contribution in [0.1, 0.15) is 38.5 Å². The fourth-order valence-electron chi connectivity index (χ4n) is 3.07. The first-order chi connectivity index (χ1) is 9.32. The summed E-state index contributed by atoms with van der Waals surface area (Å²) in [6.45, 7) is 0.896. The van der Waals surface area contributed by atoms with E-state index in [1.807, 2.05) is 0 Å². The molecule has 2 N–H and O–H groups in total. The molecule has 116 valence electrons. The van der Waals surface area contributed by atoms with Gasteiger partial charge in [-0.25, -0.2) is 8.42 Å². The monoisotopic (exact) mass is 306 g/mol. The molecular weight excluding hydrogens is 284 g/mol. The molecule has 1 aliphatic carbocycles. The van der Waals surface area contributed by atoms with Crippen LogP contribution in [0.5, 0.6) is 0 Å². The molecule has 0 bridgehead atoms. The highest BCUT2D eigenvalue weighted by Gasteiger charge is 2.41. The van der Waals surface area contributed by atoms with Gasteiger partial charge in [-0.05, 0) is 38.5 Å². The quantitative estimate of drug-likeness (QED) is 0.788. The Hall–Kier alpha value is -0.660. The van der Waals surface area contributed by atoms with Crippen molar-refractivity contribution in [2.75, 3.05) is 19.0 Å². The van der Waals surface area contributed by atoms with Crippen molar-refractivity contribution in [2.24, 2.45) is 5.92 Å². The van der Waals surface area contributed by atoms with Crippen molar-refractivity contribution in [3.05, 3.63) is 0 Å². The molecule has 0 aromatic heterocycles. The second-order valence-corrected chi connectivity index (χ2v) is 8.24. The van der Waals surface area contributed by atoms with Crippen LogP contribution in [-0.4, -0.2) is 54.4 Å².